The Morgan fingerprint density at radius 1 is 0.571 bits per heavy atom. The fourth-order valence-electron chi connectivity index (χ4n) is 9.69. The van der Waals surface area contributed by atoms with E-state index in [4.69, 9.17) is 11.5 Å². The molecule has 3 heterocycles. The van der Waals surface area contributed by atoms with Crippen molar-refractivity contribution >= 4 is 138 Å². The number of fused-ring (bicyclic) bond motifs is 4. The molecule has 2 bridgehead atoms. The second-order valence-corrected chi connectivity index (χ2v) is 28.1. The summed E-state index contributed by atoms with van der Waals surface area (Å²) in [6.07, 6.45) is -2.69. The van der Waals surface area contributed by atoms with Crippen LogP contribution < -0.4 is 75.3 Å². The van der Waals surface area contributed by atoms with Gasteiger partial charge in [0.25, 0.3) is 0 Å². The van der Waals surface area contributed by atoms with E-state index < -0.39 is 223 Å². The van der Waals surface area contributed by atoms with Gasteiger partial charge in [0.1, 0.15) is 84.0 Å². The van der Waals surface area contributed by atoms with Crippen molar-refractivity contribution in [3.8, 4) is 11.5 Å². The summed E-state index contributed by atoms with van der Waals surface area (Å²) in [7, 11) is 3.27. The Kier molecular flexibility index (Phi) is 31.5. The summed E-state index contributed by atoms with van der Waals surface area (Å²) in [6.45, 7) is 4.37. The van der Waals surface area contributed by atoms with Gasteiger partial charge in [0.15, 0.2) is 0 Å². The monoisotopic (exact) mass is 1450 g/mol. The van der Waals surface area contributed by atoms with Crippen molar-refractivity contribution in [1.29, 1.82) is 0 Å². The lowest BCUT2D eigenvalue weighted by Gasteiger charge is -2.30. The lowest BCUT2D eigenvalue weighted by atomic mass is 10.0. The van der Waals surface area contributed by atoms with Crippen LogP contribution in [-0.4, -0.2) is 235 Å². The lowest BCUT2D eigenvalue weighted by molar-refractivity contribution is -0.143. The van der Waals surface area contributed by atoms with Crippen LogP contribution in [0, 0.1) is 0 Å². The highest BCUT2D eigenvalue weighted by Crippen LogP contribution is 2.26. The number of carboxylic acids is 2. The van der Waals surface area contributed by atoms with Crippen LogP contribution in [0.1, 0.15) is 77.3 Å². The van der Waals surface area contributed by atoms with Gasteiger partial charge in [-0.15, -0.1) is 0 Å². The Morgan fingerprint density at radius 2 is 1.06 bits per heavy atom. The first-order valence-corrected chi connectivity index (χ1v) is 35.8. The number of rotatable bonds is 13. The van der Waals surface area contributed by atoms with Crippen molar-refractivity contribution in [1.82, 2.24) is 68.7 Å². The van der Waals surface area contributed by atoms with Gasteiger partial charge in [0.2, 0.25) is 82.7 Å². The van der Waals surface area contributed by atoms with Crippen LogP contribution in [0.15, 0.2) is 48.5 Å². The normalized spacial score (nSPS) is 26.8. The summed E-state index contributed by atoms with van der Waals surface area (Å²) in [4.78, 5) is 221. The van der Waals surface area contributed by atoms with E-state index in [0.29, 0.717) is 5.56 Å². The number of nitrogens with zero attached hydrogens (tertiary/aromatic N) is 1. The second kappa shape index (κ2) is 38.8. The van der Waals surface area contributed by atoms with Gasteiger partial charge < -0.3 is 101 Å². The molecular formula is C59H81N15O20S4. The molecule has 0 aromatic heterocycles. The number of carbonyl (C=O) groups is 16. The third kappa shape index (κ3) is 25.4. The van der Waals surface area contributed by atoms with Crippen molar-refractivity contribution in [3.63, 3.8) is 0 Å². The zero-order chi connectivity index (χ0) is 72.5. The fraction of sp³-hybridized carbons (Fsp3) is 0.525. The van der Waals surface area contributed by atoms with Gasteiger partial charge in [0.05, 0.1) is 19.0 Å². The molecule has 3 aliphatic rings. The number of nitrogens with one attached hydrogen (secondary N) is 12. The minimum Gasteiger partial charge on any atom is -0.508 e. The molecular weight excluding hydrogens is 1370 g/mol. The molecule has 3 saturated heterocycles. The summed E-state index contributed by atoms with van der Waals surface area (Å²) < 4.78 is 0. The summed E-state index contributed by atoms with van der Waals surface area (Å²) in [5.41, 5.74) is 12.5. The molecule has 13 atom stereocenters. The molecule has 2 aromatic carbocycles. The first-order chi connectivity index (χ1) is 46.3. The summed E-state index contributed by atoms with van der Waals surface area (Å²) in [5.74, 6) is -19.1. The molecule has 35 nitrogen and oxygen atoms in total. The Bertz CT molecular complexity index is 3280. The smallest absolute Gasteiger partial charge is 0.326 e. The zero-order valence-corrected chi connectivity index (χ0v) is 56.8. The zero-order valence-electron chi connectivity index (χ0n) is 53.6. The second-order valence-electron chi connectivity index (χ2n) is 23.0. The Balaban J connectivity index is 1.63. The highest BCUT2D eigenvalue weighted by Gasteiger charge is 2.41. The number of carbonyl (C=O) groups excluding carboxylic acids is 14. The molecule has 14 amide bonds. The SMILES string of the molecule is CCC1NC(=O)[C@H](C)NC(=O)C(C)NC(=O)C2CCCN2C(=O)[C@H](CC(N)=O)NC(=O)C2CSSCC(N)C(=O)N[C@@H](C)C(=O)NC(CCC(=O)O)C(=O)N[C@@H](Cc3ccc(O)cc3)C(=O)NC(CSSCC(C(=O)N[C@@H](Cc3ccc(O)cc3)C(=O)O)NC(=O)CNC1=O)C(=O)N2. The number of aliphatic carboxylic acids is 2. The topological polar surface area (TPSA) is 554 Å². The van der Waals surface area contributed by atoms with Crippen LogP contribution in [0.5, 0.6) is 11.5 Å². The summed E-state index contributed by atoms with van der Waals surface area (Å²) >= 11 is 0. The van der Waals surface area contributed by atoms with Crippen LogP contribution in [0.3, 0.4) is 0 Å². The van der Waals surface area contributed by atoms with E-state index in [1.165, 1.54) is 76.2 Å². The van der Waals surface area contributed by atoms with Gasteiger partial charge in [0, 0.05) is 48.8 Å². The van der Waals surface area contributed by atoms with E-state index in [0.717, 1.165) is 48.1 Å². The summed E-state index contributed by atoms with van der Waals surface area (Å²) in [5, 5.41) is 69.2. The van der Waals surface area contributed by atoms with E-state index in [1.807, 2.05) is 0 Å². The molecule has 3 fully saturated rings. The van der Waals surface area contributed by atoms with Crippen LogP contribution in [-0.2, 0) is 89.6 Å². The van der Waals surface area contributed by atoms with Crippen LogP contribution in [0.25, 0.3) is 0 Å². The number of phenols is 2. The molecule has 2 aromatic rings. The number of carboxylic acid groups (broad SMARTS) is 2. The first kappa shape index (κ1) is 79.6. The molecule has 3 aliphatic heterocycles. The molecule has 20 N–H and O–H groups in total. The van der Waals surface area contributed by atoms with Crippen LogP contribution >= 0.6 is 43.2 Å². The molecule has 0 aliphatic carbocycles. The van der Waals surface area contributed by atoms with Gasteiger partial charge in [-0.25, -0.2) is 4.79 Å². The highest BCUT2D eigenvalue weighted by molar-refractivity contribution is 8.77. The molecule has 0 radical (unpaired) electrons. The molecule has 39 heteroatoms. The Hall–Kier alpha value is -9.08. The number of nitrogens with two attached hydrogens (primary N) is 2. The van der Waals surface area contributed by atoms with Crippen molar-refractivity contribution in [2.75, 3.05) is 36.1 Å². The third-order valence-corrected chi connectivity index (χ3v) is 20.1. The van der Waals surface area contributed by atoms with E-state index in [-0.39, 0.29) is 55.0 Å². The number of primary amides is 1. The van der Waals surface area contributed by atoms with Gasteiger partial charge >= 0.3 is 11.9 Å². The third-order valence-electron chi connectivity index (χ3n) is 15.2. The van der Waals surface area contributed by atoms with E-state index in [9.17, 15) is 92.3 Å². The minimum absolute atomic E-state index is 0.0260. The van der Waals surface area contributed by atoms with Gasteiger partial charge in [-0.05, 0) is 81.8 Å². The lowest BCUT2D eigenvalue weighted by Crippen LogP contribution is -2.61. The van der Waals surface area contributed by atoms with Gasteiger partial charge in [-0.2, -0.15) is 0 Å². The van der Waals surface area contributed by atoms with Crippen LogP contribution in [0.4, 0.5) is 0 Å². The van der Waals surface area contributed by atoms with Gasteiger partial charge in [-0.3, -0.25) is 71.9 Å². The standard InChI is InChI=1S/C59H81N15O20S4/c1-5-35-51(85)62-22-45(78)66-40(54(88)71-39(59(93)94)20-31-10-14-33(76)15-11-31)24-97-98-26-42-56(90)73-41(55(89)70-38(21-44(61)77)58(92)74-18-6-7-43(74)57(91)65-27(2)47(81)63-28(3)48(82)67-35)25-96-95-23-34(60)50(84)64-29(4)49(83)68-36(16-17-46(79)80)52(86)69-37(53(87)72-42)19-30-8-12-32(75)13-9-30/h8-15,27-29,34-43,75-76H,5-7,16-26,60H2,1-4H3,(H2,61,77)(H,62,85)(H,63,81)(H,64,84)(H,65,91)(H,66,78)(H,67,82)(H,68,83)(H,69,86)(H,70,89)(H,71,88)(H,72,87)(H,73,90)(H,79,80)(H,93,94)/t27?,28-,29-,34?,35?,36?,37-,38-,39-,40?,41?,42?,43?/m0/s1. The number of hydrogen-bond donors (Lipinski definition) is 18. The molecule has 536 valence electrons. The number of aromatic hydroxyl groups is 2. The Morgan fingerprint density at radius 3 is 1.63 bits per heavy atom. The van der Waals surface area contributed by atoms with E-state index in [2.05, 4.69) is 63.8 Å². The maximum atomic E-state index is 15.1. The quantitative estimate of drug-likeness (QED) is 0.0833. The Labute approximate surface area is 577 Å². The van der Waals surface area contributed by atoms with Crippen molar-refractivity contribution < 1.29 is 97.1 Å². The number of benzene rings is 2. The van der Waals surface area contributed by atoms with Gasteiger partial charge in [-0.1, -0.05) is 74.4 Å². The van der Waals surface area contributed by atoms with Crippen LogP contribution in [0.2, 0.25) is 0 Å². The van der Waals surface area contributed by atoms with E-state index >= 15 is 4.79 Å². The first-order valence-electron chi connectivity index (χ1n) is 30.8. The molecule has 0 saturated carbocycles. The molecule has 98 heavy (non-hydrogen) atoms. The number of amides is 14. The fourth-order valence-corrected chi connectivity index (χ4v) is 14.3. The van der Waals surface area contributed by atoms with Crippen molar-refractivity contribution in [3.05, 3.63) is 59.7 Å². The predicted octanol–water partition coefficient (Wildman–Crippen LogP) is -5.27. The minimum atomic E-state index is -1.83. The maximum Gasteiger partial charge on any atom is 0.326 e. The van der Waals surface area contributed by atoms with E-state index in [1.54, 1.807) is 0 Å². The predicted molar refractivity (Wildman–Crippen MR) is 356 cm³/mol. The molecule has 8 unspecified atom stereocenters. The average Bonchev–Trinajstić information content (AvgIpc) is 1.62. The molecule has 5 rings (SSSR count). The number of hydrogen-bond acceptors (Lipinski definition) is 23. The molecule has 0 spiro atoms. The average molecular weight is 1450 g/mol. The highest BCUT2D eigenvalue weighted by atomic mass is 33.1. The van der Waals surface area contributed by atoms with Crippen molar-refractivity contribution in [2.45, 2.75) is 158 Å². The summed E-state index contributed by atoms with van der Waals surface area (Å²) in [6, 6.07) is -9.63. The number of phenolic OH excluding ortho intramolecular Hbond substituents is 2. The maximum absolute atomic E-state index is 15.1. The van der Waals surface area contributed by atoms with Crippen molar-refractivity contribution in [2.24, 2.45) is 11.5 Å². The largest absolute Gasteiger partial charge is 0.508 e.